The van der Waals surface area contributed by atoms with E-state index in [9.17, 15) is 5.21 Å². The number of nitrogens with two attached hydrogens (primary N) is 1. The van der Waals surface area contributed by atoms with Crippen molar-refractivity contribution in [1.82, 2.24) is 8.81 Å². The molecular formula is C10H15I2N3O2-2. The number of para-hydroxylation sites is 1. The fourth-order valence-electron chi connectivity index (χ4n) is 1.64. The summed E-state index contributed by atoms with van der Waals surface area (Å²) in [5, 5.41) is 12.5. The van der Waals surface area contributed by atoms with Crippen molar-refractivity contribution in [2.45, 2.75) is 19.3 Å². The Morgan fingerprint density at radius 1 is 1.53 bits per heavy atom. The fourth-order valence-corrected chi connectivity index (χ4v) is 3.38. The first-order valence-corrected chi connectivity index (χ1v) is 12.3. The van der Waals surface area contributed by atoms with Gasteiger partial charge in [-0.25, -0.2) is 0 Å². The van der Waals surface area contributed by atoms with Crippen LogP contribution in [0.25, 0.3) is 0 Å². The number of hydrogen-bond donors (Lipinski definition) is 2. The molecule has 1 rings (SSSR count). The molecule has 3 N–H and O–H groups in total. The number of hydrogen-bond acceptors (Lipinski definition) is 5. The van der Waals surface area contributed by atoms with Crippen LogP contribution >= 0.6 is 18.6 Å². The van der Waals surface area contributed by atoms with Gasteiger partial charge in [-0.1, -0.05) is 0 Å². The Morgan fingerprint density at radius 3 is 2.76 bits per heavy atom. The van der Waals surface area contributed by atoms with Crippen LogP contribution in [0.2, 0.25) is 0 Å². The second kappa shape index (κ2) is 7.04. The number of rotatable bonds is 6. The van der Waals surface area contributed by atoms with E-state index in [1.54, 1.807) is 6.07 Å². The molecule has 5 nitrogen and oxygen atoms in total. The Hall–Kier alpha value is 0.320. The zero-order valence-corrected chi connectivity index (χ0v) is 13.9. The van der Waals surface area contributed by atoms with Crippen LogP contribution in [-0.4, -0.2) is 11.7 Å². The summed E-state index contributed by atoms with van der Waals surface area (Å²) in [6.07, 6.45) is 0. The number of benzene rings is 1. The molecule has 0 spiro atoms. The van der Waals surface area contributed by atoms with E-state index >= 15 is 0 Å². The van der Waals surface area contributed by atoms with Gasteiger partial charge >= 0.3 is 122 Å². The van der Waals surface area contributed by atoms with Crippen LogP contribution < -0.4 is 31.9 Å². The number of nitrogens with zero attached hydrogens (tertiary/aromatic N) is 1. The van der Waals surface area contributed by atoms with Gasteiger partial charge in [-0.3, -0.25) is 0 Å². The molecule has 0 fully saturated rings. The fraction of sp³-hybridized carbons (Fsp3) is 0.400. The molecule has 0 aromatic heterocycles. The van der Waals surface area contributed by atoms with Crippen molar-refractivity contribution < 1.29 is 22.3 Å². The van der Waals surface area contributed by atoms with Crippen LogP contribution in [0.1, 0.15) is 19.4 Å². The number of halogens is 2. The first kappa shape index (κ1) is 15.4. The standard InChI is InChI=1S/C10H15I2N3O2/c1-10(2,7-15(16)14-12-11)8-5-3-4-6-9(8)17-13/h3-6,14H,7,13H2,1-2H3/q-2. The summed E-state index contributed by atoms with van der Waals surface area (Å²) >= 11 is 1.90. The van der Waals surface area contributed by atoms with E-state index in [0.717, 1.165) is 10.7 Å². The predicted molar refractivity (Wildman–Crippen MR) is 71.5 cm³/mol. The Kier molecular flexibility index (Phi) is 6.37. The SMILES string of the molecule is CC(C)(CN([O-])N[I-]I)c1ccccc1ON. The van der Waals surface area contributed by atoms with Crippen LogP contribution in [0.5, 0.6) is 5.75 Å². The molecule has 98 valence electrons. The summed E-state index contributed by atoms with van der Waals surface area (Å²) in [7, 11) is 0. The van der Waals surface area contributed by atoms with E-state index in [-0.39, 0.29) is 22.9 Å². The van der Waals surface area contributed by atoms with Crippen LogP contribution in [0.4, 0.5) is 0 Å². The Morgan fingerprint density at radius 2 is 2.18 bits per heavy atom. The minimum atomic E-state index is -0.333. The zero-order valence-electron chi connectivity index (χ0n) is 9.61. The maximum absolute atomic E-state index is 11.6. The molecule has 0 saturated heterocycles. The number of hydrazine groups is 1. The number of hydroxylamine groups is 1. The molecule has 0 amide bonds. The van der Waals surface area contributed by atoms with Gasteiger partial charge in [0.1, 0.15) is 0 Å². The van der Waals surface area contributed by atoms with Crippen molar-refractivity contribution in [2.75, 3.05) is 6.54 Å². The molecule has 0 bridgehead atoms. The van der Waals surface area contributed by atoms with Crippen molar-refractivity contribution in [2.24, 2.45) is 5.90 Å². The van der Waals surface area contributed by atoms with Crippen LogP contribution in [0, 0.1) is 5.21 Å². The maximum atomic E-state index is 11.6. The van der Waals surface area contributed by atoms with Gasteiger partial charge in [-0.05, 0) is 0 Å². The summed E-state index contributed by atoms with van der Waals surface area (Å²) in [6, 6.07) is 7.48. The molecule has 1 aromatic carbocycles. The van der Waals surface area contributed by atoms with E-state index in [1.165, 1.54) is 0 Å². The van der Waals surface area contributed by atoms with Gasteiger partial charge in [0.25, 0.3) is 0 Å². The van der Waals surface area contributed by atoms with Crippen LogP contribution in [0.15, 0.2) is 24.3 Å². The van der Waals surface area contributed by atoms with Crippen molar-refractivity contribution in [3.8, 4) is 5.75 Å². The van der Waals surface area contributed by atoms with Gasteiger partial charge in [0.05, 0.1) is 0 Å². The number of nitrogens with one attached hydrogen (secondary N) is 1. The summed E-state index contributed by atoms with van der Waals surface area (Å²) in [4.78, 5) is 4.84. The van der Waals surface area contributed by atoms with Crippen molar-refractivity contribution in [1.29, 1.82) is 0 Å². The molecule has 0 unspecified atom stereocenters. The summed E-state index contributed by atoms with van der Waals surface area (Å²) in [5.74, 6) is 5.84. The van der Waals surface area contributed by atoms with Crippen molar-refractivity contribution in [3.63, 3.8) is 0 Å². The summed E-state index contributed by atoms with van der Waals surface area (Å²) in [6.45, 7) is 4.32. The Bertz CT molecular complexity index is 363. The monoisotopic (exact) mass is 463 g/mol. The van der Waals surface area contributed by atoms with E-state index in [2.05, 4.69) is 22.3 Å². The normalized spacial score (nSPS) is 12.1. The molecular weight excluding hydrogens is 448 g/mol. The summed E-state index contributed by atoms with van der Waals surface area (Å²) in [5.41, 5.74) is 0.595. The van der Waals surface area contributed by atoms with Crippen molar-refractivity contribution >= 4 is 18.6 Å². The molecule has 0 aliphatic rings. The quantitative estimate of drug-likeness (QED) is 0.318. The average Bonchev–Trinajstić information content (AvgIpc) is 2.28. The zero-order chi connectivity index (χ0) is 12.9. The molecule has 0 aliphatic carbocycles. The first-order valence-electron chi connectivity index (χ1n) is 4.92. The second-order valence-corrected chi connectivity index (χ2v) is 7.82. The van der Waals surface area contributed by atoms with Gasteiger partial charge < -0.3 is 0 Å². The third kappa shape index (κ3) is 4.48. The molecule has 0 radical (unpaired) electrons. The summed E-state index contributed by atoms with van der Waals surface area (Å²) < 4.78 is 2.81. The molecule has 0 aliphatic heterocycles. The first-order chi connectivity index (χ1) is 8.01. The third-order valence-corrected chi connectivity index (χ3v) is 4.35. The van der Waals surface area contributed by atoms with Gasteiger partial charge in [-0.15, -0.1) is 0 Å². The predicted octanol–water partition coefficient (Wildman–Crippen LogP) is -1.12. The van der Waals surface area contributed by atoms with Gasteiger partial charge in [0.2, 0.25) is 0 Å². The topological polar surface area (TPSA) is 73.6 Å². The molecule has 7 heteroatoms. The van der Waals surface area contributed by atoms with E-state index in [1.807, 2.05) is 32.0 Å². The third-order valence-electron chi connectivity index (χ3n) is 2.41. The van der Waals surface area contributed by atoms with E-state index in [0.29, 0.717) is 12.3 Å². The van der Waals surface area contributed by atoms with E-state index in [4.69, 9.17) is 10.7 Å². The Balaban J connectivity index is 2.88. The average molecular weight is 463 g/mol. The molecule has 0 atom stereocenters. The minimum absolute atomic E-state index is 0.292. The van der Waals surface area contributed by atoms with Crippen molar-refractivity contribution in [3.05, 3.63) is 35.0 Å². The molecule has 0 heterocycles. The van der Waals surface area contributed by atoms with E-state index < -0.39 is 0 Å². The molecule has 17 heavy (non-hydrogen) atoms. The second-order valence-electron chi connectivity index (χ2n) is 4.19. The Labute approximate surface area is 121 Å². The van der Waals surface area contributed by atoms with Gasteiger partial charge in [0.15, 0.2) is 0 Å². The van der Waals surface area contributed by atoms with Gasteiger partial charge in [-0.2, -0.15) is 0 Å². The molecule has 1 aromatic rings. The molecule has 0 saturated carbocycles. The van der Waals surface area contributed by atoms with Crippen LogP contribution in [0.3, 0.4) is 0 Å². The van der Waals surface area contributed by atoms with Gasteiger partial charge in [0, 0.05) is 0 Å². The van der Waals surface area contributed by atoms with Crippen LogP contribution in [-0.2, 0) is 5.41 Å².